The summed E-state index contributed by atoms with van der Waals surface area (Å²) < 4.78 is 12.3. The van der Waals surface area contributed by atoms with Crippen LogP contribution in [0.25, 0.3) is 10.2 Å². The van der Waals surface area contributed by atoms with Crippen LogP contribution in [-0.4, -0.2) is 36.3 Å². The lowest BCUT2D eigenvalue weighted by Gasteiger charge is -2.17. The zero-order chi connectivity index (χ0) is 19.0. The number of thioether (sulfide) groups is 1. The second-order valence-corrected chi connectivity index (χ2v) is 8.35. The Balaban J connectivity index is 1.58. The van der Waals surface area contributed by atoms with Crippen LogP contribution < -0.4 is 14.4 Å². The number of para-hydroxylation sites is 1. The Morgan fingerprint density at radius 2 is 1.89 bits per heavy atom. The van der Waals surface area contributed by atoms with E-state index in [2.05, 4.69) is 4.98 Å². The molecule has 0 unspecified atom stereocenters. The summed E-state index contributed by atoms with van der Waals surface area (Å²) >= 11 is 2.87. The number of amides is 2. The van der Waals surface area contributed by atoms with Gasteiger partial charge in [-0.1, -0.05) is 23.9 Å². The zero-order valence-electron chi connectivity index (χ0n) is 14.7. The summed E-state index contributed by atoms with van der Waals surface area (Å²) in [5, 5.41) is -0.480. The Labute approximate surface area is 164 Å². The summed E-state index contributed by atoms with van der Waals surface area (Å²) in [6, 6.07) is 12.8. The molecule has 0 bridgehead atoms. The largest absolute Gasteiger partial charge is 0.493 e. The molecule has 27 heavy (non-hydrogen) atoms. The molecule has 0 spiro atoms. The van der Waals surface area contributed by atoms with E-state index in [-0.39, 0.29) is 18.2 Å². The van der Waals surface area contributed by atoms with E-state index in [4.69, 9.17) is 9.47 Å². The van der Waals surface area contributed by atoms with Crippen LogP contribution in [0.15, 0.2) is 46.8 Å². The first-order valence-corrected chi connectivity index (χ1v) is 9.91. The van der Waals surface area contributed by atoms with E-state index in [0.717, 1.165) is 14.6 Å². The number of benzene rings is 2. The lowest BCUT2D eigenvalue weighted by atomic mass is 10.2. The molecule has 2 heterocycles. The van der Waals surface area contributed by atoms with Crippen LogP contribution in [0.4, 0.5) is 5.69 Å². The highest BCUT2D eigenvalue weighted by molar-refractivity contribution is 8.02. The van der Waals surface area contributed by atoms with Crippen LogP contribution in [-0.2, 0) is 9.59 Å². The molecule has 1 aliphatic rings. The van der Waals surface area contributed by atoms with Gasteiger partial charge in [0.15, 0.2) is 15.8 Å². The lowest BCUT2D eigenvalue weighted by molar-refractivity contribution is -0.121. The van der Waals surface area contributed by atoms with Crippen molar-refractivity contribution < 1.29 is 19.1 Å². The van der Waals surface area contributed by atoms with Crippen molar-refractivity contribution in [2.45, 2.75) is 16.0 Å². The third kappa shape index (κ3) is 3.26. The highest BCUT2D eigenvalue weighted by Gasteiger charge is 2.41. The average Bonchev–Trinajstić information content (AvgIpc) is 3.21. The SMILES string of the molecule is COc1ccc(N2C(=O)C[C@H](Sc3nc4ccccc4s3)C2=O)cc1OC. The normalized spacial score (nSPS) is 17.0. The van der Waals surface area contributed by atoms with Crippen LogP contribution in [0.2, 0.25) is 0 Å². The Morgan fingerprint density at radius 3 is 2.63 bits per heavy atom. The fraction of sp³-hybridized carbons (Fsp3) is 0.211. The number of methoxy groups -OCH3 is 2. The molecular weight excluding hydrogens is 384 g/mol. The molecule has 1 saturated heterocycles. The summed E-state index contributed by atoms with van der Waals surface area (Å²) in [7, 11) is 3.05. The van der Waals surface area contributed by atoms with Gasteiger partial charge in [-0.25, -0.2) is 9.88 Å². The maximum atomic E-state index is 12.9. The van der Waals surface area contributed by atoms with E-state index >= 15 is 0 Å². The molecular formula is C19H16N2O4S2. The van der Waals surface area contributed by atoms with Crippen LogP contribution in [0.1, 0.15) is 6.42 Å². The standard InChI is InChI=1S/C19H16N2O4S2/c1-24-13-8-7-11(9-14(13)25-2)21-17(22)10-16(18(21)23)27-19-20-12-5-3-4-6-15(12)26-19/h3-9,16H,10H2,1-2H3/t16-/m0/s1. The number of aromatic nitrogens is 1. The predicted octanol–water partition coefficient (Wildman–Crippen LogP) is 3.74. The summed E-state index contributed by atoms with van der Waals surface area (Å²) in [6.07, 6.45) is 0.147. The molecule has 0 saturated carbocycles. The lowest BCUT2D eigenvalue weighted by Crippen LogP contribution is -2.31. The van der Waals surface area contributed by atoms with Gasteiger partial charge in [-0.2, -0.15) is 0 Å². The van der Waals surface area contributed by atoms with Crippen molar-refractivity contribution in [1.82, 2.24) is 4.98 Å². The minimum Gasteiger partial charge on any atom is -0.493 e. The number of thiazole rings is 1. The maximum absolute atomic E-state index is 12.9. The van der Waals surface area contributed by atoms with Gasteiger partial charge in [-0.3, -0.25) is 9.59 Å². The highest BCUT2D eigenvalue weighted by atomic mass is 32.2. The molecule has 0 aliphatic carbocycles. The van der Waals surface area contributed by atoms with E-state index in [1.54, 1.807) is 18.2 Å². The highest BCUT2D eigenvalue weighted by Crippen LogP contribution is 2.39. The van der Waals surface area contributed by atoms with Gasteiger partial charge in [0.25, 0.3) is 0 Å². The number of ether oxygens (including phenoxy) is 2. The first-order chi connectivity index (χ1) is 13.1. The predicted molar refractivity (Wildman–Crippen MR) is 106 cm³/mol. The van der Waals surface area contributed by atoms with Gasteiger partial charge in [0.1, 0.15) is 5.25 Å². The van der Waals surface area contributed by atoms with E-state index in [1.807, 2.05) is 24.3 Å². The smallest absolute Gasteiger partial charge is 0.247 e. The van der Waals surface area contributed by atoms with Crippen molar-refractivity contribution in [2.24, 2.45) is 0 Å². The molecule has 1 atom stereocenters. The Morgan fingerprint density at radius 1 is 1.11 bits per heavy atom. The molecule has 138 valence electrons. The molecule has 1 aromatic heterocycles. The topological polar surface area (TPSA) is 68.7 Å². The van der Waals surface area contributed by atoms with Crippen molar-refractivity contribution in [3.63, 3.8) is 0 Å². The van der Waals surface area contributed by atoms with Gasteiger partial charge in [0, 0.05) is 12.5 Å². The first kappa shape index (κ1) is 17.8. The minimum atomic E-state index is -0.480. The maximum Gasteiger partial charge on any atom is 0.247 e. The number of hydrogen-bond acceptors (Lipinski definition) is 7. The van der Waals surface area contributed by atoms with E-state index in [1.165, 1.54) is 42.2 Å². The number of fused-ring (bicyclic) bond motifs is 1. The number of anilines is 1. The van der Waals surface area contributed by atoms with E-state index in [0.29, 0.717) is 17.2 Å². The Kier molecular flexibility index (Phi) is 4.75. The quantitative estimate of drug-likeness (QED) is 0.608. The van der Waals surface area contributed by atoms with Crippen molar-refractivity contribution in [3.05, 3.63) is 42.5 Å². The second kappa shape index (κ2) is 7.21. The number of carbonyl (C=O) groups excluding carboxylic acids is 2. The summed E-state index contributed by atoms with van der Waals surface area (Å²) in [4.78, 5) is 31.2. The van der Waals surface area contributed by atoms with Gasteiger partial charge in [-0.05, 0) is 24.3 Å². The van der Waals surface area contributed by atoms with Gasteiger partial charge in [-0.15, -0.1) is 11.3 Å². The molecule has 6 nitrogen and oxygen atoms in total. The molecule has 0 radical (unpaired) electrons. The first-order valence-electron chi connectivity index (χ1n) is 8.21. The molecule has 3 aromatic rings. The van der Waals surface area contributed by atoms with Crippen LogP contribution in [0.5, 0.6) is 11.5 Å². The average molecular weight is 400 g/mol. The van der Waals surface area contributed by atoms with Gasteiger partial charge in [0.2, 0.25) is 11.8 Å². The van der Waals surface area contributed by atoms with E-state index < -0.39 is 5.25 Å². The summed E-state index contributed by atoms with van der Waals surface area (Å²) in [6.45, 7) is 0. The molecule has 1 aliphatic heterocycles. The number of hydrogen-bond donors (Lipinski definition) is 0. The van der Waals surface area contributed by atoms with Crippen LogP contribution in [0, 0.1) is 0 Å². The van der Waals surface area contributed by atoms with Crippen molar-refractivity contribution in [2.75, 3.05) is 19.1 Å². The molecule has 2 aromatic carbocycles. The number of rotatable bonds is 5. The number of carbonyl (C=O) groups is 2. The van der Waals surface area contributed by atoms with Crippen LogP contribution >= 0.6 is 23.1 Å². The summed E-state index contributed by atoms with van der Waals surface area (Å²) in [5.41, 5.74) is 1.38. The van der Waals surface area contributed by atoms with Gasteiger partial charge < -0.3 is 9.47 Å². The van der Waals surface area contributed by atoms with Crippen molar-refractivity contribution in [1.29, 1.82) is 0 Å². The molecule has 0 N–H and O–H groups in total. The Hall–Kier alpha value is -2.58. The Bertz CT molecular complexity index is 1000. The van der Waals surface area contributed by atoms with Crippen LogP contribution in [0.3, 0.4) is 0 Å². The number of imide groups is 1. The van der Waals surface area contributed by atoms with Gasteiger partial charge in [0.05, 0.1) is 30.1 Å². The summed E-state index contributed by atoms with van der Waals surface area (Å²) in [5.74, 6) is 0.543. The number of nitrogens with zero attached hydrogens (tertiary/aromatic N) is 2. The van der Waals surface area contributed by atoms with Crippen molar-refractivity contribution in [3.8, 4) is 11.5 Å². The third-order valence-corrected chi connectivity index (χ3v) is 6.56. The fourth-order valence-corrected chi connectivity index (χ4v) is 5.29. The van der Waals surface area contributed by atoms with Crippen molar-refractivity contribution >= 4 is 50.8 Å². The second-order valence-electron chi connectivity index (χ2n) is 5.86. The fourth-order valence-electron chi connectivity index (χ4n) is 2.95. The van der Waals surface area contributed by atoms with E-state index in [9.17, 15) is 9.59 Å². The minimum absolute atomic E-state index is 0.147. The monoisotopic (exact) mass is 400 g/mol. The van der Waals surface area contributed by atoms with Gasteiger partial charge >= 0.3 is 0 Å². The molecule has 1 fully saturated rings. The zero-order valence-corrected chi connectivity index (χ0v) is 16.3. The molecule has 4 rings (SSSR count). The molecule has 8 heteroatoms. The molecule has 2 amide bonds. The third-order valence-electron chi connectivity index (χ3n) is 4.25.